The van der Waals surface area contributed by atoms with Crippen LogP contribution in [0.1, 0.15) is 45.1 Å². The summed E-state index contributed by atoms with van der Waals surface area (Å²) in [6, 6.07) is 11.4. The molecule has 0 fully saturated rings. The molecule has 1 N–H and O–H groups in total. The van der Waals surface area contributed by atoms with Gasteiger partial charge in [-0.25, -0.2) is 17.2 Å². The number of rotatable bonds is 13. The summed E-state index contributed by atoms with van der Waals surface area (Å²) < 4.78 is 52.4. The van der Waals surface area contributed by atoms with Gasteiger partial charge in [-0.05, 0) is 37.5 Å². The van der Waals surface area contributed by atoms with Crippen molar-refractivity contribution in [3.63, 3.8) is 0 Å². The van der Waals surface area contributed by atoms with E-state index in [0.29, 0.717) is 6.54 Å². The lowest BCUT2D eigenvalue weighted by molar-refractivity contribution is -0.140. The Morgan fingerprint density at radius 1 is 1.03 bits per heavy atom. The van der Waals surface area contributed by atoms with Gasteiger partial charge in [0.1, 0.15) is 6.04 Å². The Morgan fingerprint density at radius 2 is 1.71 bits per heavy atom. The first-order valence-electron chi connectivity index (χ1n) is 11.6. The molecular formula is C25H33F2N3O4S. The van der Waals surface area contributed by atoms with Crippen LogP contribution in [0.3, 0.4) is 0 Å². The number of anilines is 1. The van der Waals surface area contributed by atoms with Crippen molar-refractivity contribution in [3.8, 4) is 0 Å². The van der Waals surface area contributed by atoms with Crippen LogP contribution in [-0.4, -0.2) is 50.5 Å². The summed E-state index contributed by atoms with van der Waals surface area (Å²) in [4.78, 5) is 27.3. The Balaban J connectivity index is 2.13. The highest BCUT2D eigenvalue weighted by molar-refractivity contribution is 7.92. The number of hydrogen-bond acceptors (Lipinski definition) is 4. The van der Waals surface area contributed by atoms with Crippen LogP contribution in [0.25, 0.3) is 0 Å². The normalized spacial score (nSPS) is 12.1. The highest BCUT2D eigenvalue weighted by atomic mass is 32.2. The van der Waals surface area contributed by atoms with Crippen LogP contribution in [0.15, 0.2) is 48.5 Å². The Labute approximate surface area is 206 Å². The van der Waals surface area contributed by atoms with Crippen LogP contribution in [0, 0.1) is 11.6 Å². The third-order valence-electron chi connectivity index (χ3n) is 5.54. The minimum atomic E-state index is -3.80. The van der Waals surface area contributed by atoms with Crippen molar-refractivity contribution in [1.82, 2.24) is 10.2 Å². The van der Waals surface area contributed by atoms with Gasteiger partial charge in [0.15, 0.2) is 11.6 Å². The predicted octanol–water partition coefficient (Wildman–Crippen LogP) is 3.84. The van der Waals surface area contributed by atoms with Crippen LogP contribution in [0.4, 0.5) is 14.5 Å². The van der Waals surface area contributed by atoms with E-state index in [1.54, 1.807) is 6.92 Å². The van der Waals surface area contributed by atoms with Gasteiger partial charge in [0.2, 0.25) is 21.8 Å². The lowest BCUT2D eigenvalue weighted by atomic mass is 10.1. The molecule has 1 unspecified atom stereocenters. The Morgan fingerprint density at radius 3 is 2.31 bits per heavy atom. The molecule has 2 aromatic rings. The van der Waals surface area contributed by atoms with Crippen molar-refractivity contribution in [2.75, 3.05) is 23.7 Å². The van der Waals surface area contributed by atoms with Crippen molar-refractivity contribution in [2.24, 2.45) is 0 Å². The summed E-state index contributed by atoms with van der Waals surface area (Å²) in [5.74, 6) is -2.82. The van der Waals surface area contributed by atoms with Crippen LogP contribution >= 0.6 is 0 Å². The molecule has 2 amide bonds. The zero-order valence-electron chi connectivity index (χ0n) is 20.3. The largest absolute Gasteiger partial charge is 0.354 e. The molecule has 2 aromatic carbocycles. The van der Waals surface area contributed by atoms with E-state index in [9.17, 15) is 26.8 Å². The first-order chi connectivity index (χ1) is 16.5. The first kappa shape index (κ1) is 28.2. The van der Waals surface area contributed by atoms with Gasteiger partial charge < -0.3 is 10.2 Å². The van der Waals surface area contributed by atoms with Crippen molar-refractivity contribution in [2.45, 2.75) is 52.1 Å². The predicted molar refractivity (Wildman–Crippen MR) is 132 cm³/mol. The lowest BCUT2D eigenvalue weighted by Gasteiger charge is -2.29. The monoisotopic (exact) mass is 509 g/mol. The summed E-state index contributed by atoms with van der Waals surface area (Å²) in [5, 5.41) is 2.84. The molecule has 2 rings (SSSR count). The Kier molecular flexibility index (Phi) is 10.6. The second-order valence-corrected chi connectivity index (χ2v) is 10.3. The van der Waals surface area contributed by atoms with Gasteiger partial charge in [-0.1, -0.05) is 43.7 Å². The van der Waals surface area contributed by atoms with Gasteiger partial charge in [0, 0.05) is 32.1 Å². The number of nitrogens with zero attached hydrogens (tertiary/aromatic N) is 2. The topological polar surface area (TPSA) is 86.8 Å². The van der Waals surface area contributed by atoms with Crippen molar-refractivity contribution in [1.29, 1.82) is 0 Å². The number of halogens is 2. The smallest absolute Gasteiger partial charge is 0.242 e. The van der Waals surface area contributed by atoms with Gasteiger partial charge in [-0.2, -0.15) is 0 Å². The summed E-state index contributed by atoms with van der Waals surface area (Å²) in [6.45, 7) is 4.31. The van der Waals surface area contributed by atoms with Crippen molar-refractivity contribution < 1.29 is 26.8 Å². The minimum absolute atomic E-state index is 0.0244. The summed E-state index contributed by atoms with van der Waals surface area (Å²) >= 11 is 0. The molecule has 0 aliphatic carbocycles. The second-order valence-electron chi connectivity index (χ2n) is 8.36. The van der Waals surface area contributed by atoms with E-state index >= 15 is 0 Å². The third kappa shape index (κ3) is 8.61. The average Bonchev–Trinajstić information content (AvgIpc) is 2.81. The highest BCUT2D eigenvalue weighted by Gasteiger charge is 2.26. The maximum absolute atomic E-state index is 13.7. The number of benzene rings is 2. The van der Waals surface area contributed by atoms with E-state index in [2.05, 4.69) is 5.32 Å². The Hall–Kier alpha value is -3.01. The number of hydrogen-bond donors (Lipinski definition) is 1. The van der Waals surface area contributed by atoms with Gasteiger partial charge in [0.05, 0.1) is 11.9 Å². The molecule has 0 aromatic heterocycles. The number of sulfonamides is 1. The minimum Gasteiger partial charge on any atom is -0.354 e. The fourth-order valence-electron chi connectivity index (χ4n) is 3.54. The third-order valence-corrected chi connectivity index (χ3v) is 6.73. The van der Waals surface area contributed by atoms with Crippen molar-refractivity contribution >= 4 is 27.5 Å². The zero-order chi connectivity index (χ0) is 26.0. The number of carbonyl (C=O) groups excluding carboxylic acids is 2. The number of amides is 2. The summed E-state index contributed by atoms with van der Waals surface area (Å²) in [5.41, 5.74) is 0.831. The maximum Gasteiger partial charge on any atom is 0.242 e. The maximum atomic E-state index is 13.7. The van der Waals surface area contributed by atoms with E-state index in [1.807, 2.05) is 37.3 Å². The molecule has 7 nitrogen and oxygen atoms in total. The standard InChI is InChI=1S/C25H33F2N3O4S/c1-4-5-15-28-25(32)19(2)29(18-20-10-7-6-8-11-20)24(31)12-9-16-30(35(3,33)34)21-13-14-22(26)23(27)17-21/h6-8,10-11,13-14,17,19H,4-5,9,12,15-16,18H2,1-3H3,(H,28,32). The molecule has 0 saturated carbocycles. The van der Waals surface area contributed by atoms with Crippen LogP contribution in [0.2, 0.25) is 0 Å². The van der Waals surface area contributed by atoms with E-state index in [-0.39, 0.29) is 43.4 Å². The molecule has 0 aliphatic rings. The molecule has 0 spiro atoms. The molecule has 0 aliphatic heterocycles. The van der Waals surface area contributed by atoms with E-state index in [1.165, 1.54) is 11.0 Å². The average molecular weight is 510 g/mol. The van der Waals surface area contributed by atoms with Crippen LogP contribution in [0.5, 0.6) is 0 Å². The van der Waals surface area contributed by atoms with Crippen molar-refractivity contribution in [3.05, 3.63) is 65.7 Å². The zero-order valence-corrected chi connectivity index (χ0v) is 21.2. The fourth-order valence-corrected chi connectivity index (χ4v) is 4.50. The van der Waals surface area contributed by atoms with Gasteiger partial charge in [-0.15, -0.1) is 0 Å². The molecule has 10 heteroatoms. The molecule has 0 heterocycles. The number of nitrogens with one attached hydrogen (secondary N) is 1. The van der Waals surface area contributed by atoms with Crippen LogP contribution in [-0.2, 0) is 26.2 Å². The molecule has 0 radical (unpaired) electrons. The molecule has 192 valence electrons. The molecule has 1 atom stereocenters. The number of unbranched alkanes of at least 4 members (excludes halogenated alkanes) is 1. The summed E-state index contributed by atoms with van der Waals surface area (Å²) in [6.07, 6.45) is 2.81. The van der Waals surface area contributed by atoms with Gasteiger partial charge >= 0.3 is 0 Å². The fraction of sp³-hybridized carbons (Fsp3) is 0.440. The van der Waals surface area contributed by atoms with Gasteiger partial charge in [-0.3, -0.25) is 13.9 Å². The van der Waals surface area contributed by atoms with E-state index < -0.39 is 27.7 Å². The highest BCUT2D eigenvalue weighted by Crippen LogP contribution is 2.21. The molecule has 35 heavy (non-hydrogen) atoms. The second kappa shape index (κ2) is 13.2. The SMILES string of the molecule is CCCCNC(=O)C(C)N(Cc1ccccc1)C(=O)CCCN(c1ccc(F)c(F)c1)S(C)(=O)=O. The molecular weight excluding hydrogens is 476 g/mol. The Bertz CT molecular complexity index is 1100. The summed E-state index contributed by atoms with van der Waals surface area (Å²) in [7, 11) is -3.80. The van der Waals surface area contributed by atoms with E-state index in [4.69, 9.17) is 0 Å². The number of carbonyl (C=O) groups is 2. The van der Waals surface area contributed by atoms with Gasteiger partial charge in [0.25, 0.3) is 0 Å². The quantitative estimate of drug-likeness (QED) is 0.416. The lowest BCUT2D eigenvalue weighted by Crippen LogP contribution is -2.47. The molecule has 0 bridgehead atoms. The molecule has 0 saturated heterocycles. The first-order valence-corrected chi connectivity index (χ1v) is 13.4. The van der Waals surface area contributed by atoms with E-state index in [0.717, 1.165) is 41.1 Å². The van der Waals surface area contributed by atoms with Crippen LogP contribution < -0.4 is 9.62 Å².